The summed E-state index contributed by atoms with van der Waals surface area (Å²) in [4.78, 5) is 24.7. The van der Waals surface area contributed by atoms with Crippen molar-refractivity contribution >= 4 is 11.9 Å². The van der Waals surface area contributed by atoms with Crippen LogP contribution >= 0.6 is 0 Å². The fourth-order valence-corrected chi connectivity index (χ4v) is 3.72. The number of hydrogen-bond acceptors (Lipinski definition) is 6. The van der Waals surface area contributed by atoms with Gasteiger partial charge in [-0.25, -0.2) is 0 Å². The quantitative estimate of drug-likeness (QED) is 0.441. The molecule has 0 fully saturated rings. The second-order valence-corrected chi connectivity index (χ2v) is 11.0. The van der Waals surface area contributed by atoms with Crippen molar-refractivity contribution in [3.05, 3.63) is 0 Å². The Morgan fingerprint density at radius 3 is 1.93 bits per heavy atom. The van der Waals surface area contributed by atoms with Crippen molar-refractivity contribution in [1.29, 1.82) is 0 Å². The maximum absolute atomic E-state index is 12.4. The lowest BCUT2D eigenvalue weighted by atomic mass is 9.82. The molecule has 0 amide bonds. The Labute approximate surface area is 178 Å². The first-order valence-electron chi connectivity index (χ1n) is 10.9. The molecule has 0 aromatic heterocycles. The largest absolute Gasteiger partial charge is 0.465 e. The molecule has 0 aliphatic heterocycles. The van der Waals surface area contributed by atoms with Crippen LogP contribution < -0.4 is 11.5 Å². The minimum absolute atomic E-state index is 0.0552. The fourth-order valence-electron chi connectivity index (χ4n) is 3.72. The normalized spacial score (nSPS) is 16.1. The third-order valence-electron chi connectivity index (χ3n) is 5.09. The van der Waals surface area contributed by atoms with Crippen molar-refractivity contribution in [1.82, 2.24) is 0 Å². The number of carbonyl (C=O) groups excluding carboxylic acids is 2. The van der Waals surface area contributed by atoms with Crippen LogP contribution in [0, 0.1) is 22.7 Å². The van der Waals surface area contributed by atoms with E-state index in [1.165, 1.54) is 0 Å². The number of ether oxygens (including phenoxy) is 2. The number of nitrogens with two attached hydrogens (primary N) is 2. The number of carbonyl (C=O) groups is 2. The molecule has 172 valence electrons. The van der Waals surface area contributed by atoms with Gasteiger partial charge in [-0.1, -0.05) is 34.1 Å². The van der Waals surface area contributed by atoms with Crippen molar-refractivity contribution < 1.29 is 19.1 Å². The summed E-state index contributed by atoms with van der Waals surface area (Å²) in [6, 6.07) is -0.0552. The lowest BCUT2D eigenvalue weighted by Crippen LogP contribution is -2.37. The standard InChI is InChI=1S/C23H46N2O4/c1-10-18(14-28-20(27)22(6,7)12-17(3)24)13-21(4,5)15-29-19(26)16(2)11-23(8,9)25/h16-18H,10-15,24-25H2,1-9H3. The zero-order valence-corrected chi connectivity index (χ0v) is 20.3. The molecule has 0 aliphatic carbocycles. The summed E-state index contributed by atoms with van der Waals surface area (Å²) in [6.07, 6.45) is 2.85. The molecule has 29 heavy (non-hydrogen) atoms. The van der Waals surface area contributed by atoms with Gasteiger partial charge in [0.2, 0.25) is 0 Å². The second-order valence-electron chi connectivity index (χ2n) is 11.0. The molecule has 0 radical (unpaired) electrons. The molecule has 0 aliphatic rings. The second kappa shape index (κ2) is 11.3. The summed E-state index contributed by atoms with van der Waals surface area (Å²) < 4.78 is 11.2. The number of esters is 2. The molecular weight excluding hydrogens is 368 g/mol. The maximum Gasteiger partial charge on any atom is 0.311 e. The van der Waals surface area contributed by atoms with Crippen LogP contribution in [0.2, 0.25) is 0 Å². The highest BCUT2D eigenvalue weighted by molar-refractivity contribution is 5.76. The Morgan fingerprint density at radius 1 is 0.931 bits per heavy atom. The summed E-state index contributed by atoms with van der Waals surface area (Å²) in [5.74, 6) is -0.454. The molecule has 3 unspecified atom stereocenters. The van der Waals surface area contributed by atoms with Gasteiger partial charge < -0.3 is 20.9 Å². The van der Waals surface area contributed by atoms with Gasteiger partial charge in [-0.3, -0.25) is 9.59 Å². The third kappa shape index (κ3) is 12.2. The van der Waals surface area contributed by atoms with E-state index in [1.54, 1.807) is 0 Å². The van der Waals surface area contributed by atoms with E-state index < -0.39 is 11.0 Å². The zero-order chi connectivity index (χ0) is 23.0. The first kappa shape index (κ1) is 27.9. The van der Waals surface area contributed by atoms with E-state index >= 15 is 0 Å². The van der Waals surface area contributed by atoms with E-state index in [0.717, 1.165) is 12.8 Å². The van der Waals surface area contributed by atoms with Gasteiger partial charge in [-0.05, 0) is 65.2 Å². The molecule has 0 bridgehead atoms. The first-order valence-corrected chi connectivity index (χ1v) is 10.9. The Morgan fingerprint density at radius 2 is 1.48 bits per heavy atom. The molecule has 0 aromatic rings. The minimum Gasteiger partial charge on any atom is -0.465 e. The molecule has 3 atom stereocenters. The molecule has 4 N–H and O–H groups in total. The minimum atomic E-state index is -0.593. The summed E-state index contributed by atoms with van der Waals surface area (Å²) in [5, 5.41) is 0. The van der Waals surface area contributed by atoms with Crippen LogP contribution in [0.4, 0.5) is 0 Å². The van der Waals surface area contributed by atoms with E-state index in [4.69, 9.17) is 20.9 Å². The average Bonchev–Trinajstić information content (AvgIpc) is 2.53. The van der Waals surface area contributed by atoms with E-state index in [-0.39, 0.29) is 35.2 Å². The highest BCUT2D eigenvalue weighted by Gasteiger charge is 2.32. The Balaban J connectivity index is 4.63. The molecule has 0 spiro atoms. The van der Waals surface area contributed by atoms with Crippen molar-refractivity contribution in [3.8, 4) is 0 Å². The molecule has 0 saturated heterocycles. The van der Waals surface area contributed by atoms with E-state index in [0.29, 0.717) is 26.1 Å². The number of rotatable bonds is 13. The summed E-state index contributed by atoms with van der Waals surface area (Å²) in [7, 11) is 0. The Bertz CT molecular complexity index is 521. The molecule has 6 heteroatoms. The van der Waals surface area contributed by atoms with Gasteiger partial charge >= 0.3 is 11.9 Å². The lowest BCUT2D eigenvalue weighted by molar-refractivity contribution is -0.156. The maximum atomic E-state index is 12.4. The molecule has 0 aromatic carbocycles. The van der Waals surface area contributed by atoms with Gasteiger partial charge in [0.05, 0.1) is 24.5 Å². The van der Waals surface area contributed by atoms with Crippen LogP contribution in [0.5, 0.6) is 0 Å². The van der Waals surface area contributed by atoms with Crippen molar-refractivity contribution in [2.24, 2.45) is 34.1 Å². The smallest absolute Gasteiger partial charge is 0.311 e. The van der Waals surface area contributed by atoms with Gasteiger partial charge in [-0.2, -0.15) is 0 Å². The highest BCUT2D eigenvalue weighted by Crippen LogP contribution is 2.30. The highest BCUT2D eigenvalue weighted by atomic mass is 16.5. The molecule has 0 heterocycles. The predicted octanol–water partition coefficient (Wildman–Crippen LogP) is 4.04. The summed E-state index contributed by atoms with van der Waals surface area (Å²) in [5.41, 5.74) is 10.6. The Kier molecular flexibility index (Phi) is 10.9. The van der Waals surface area contributed by atoms with Crippen LogP contribution in [-0.4, -0.2) is 36.7 Å². The Hall–Kier alpha value is -1.14. The number of hydrogen-bond donors (Lipinski definition) is 2. The van der Waals surface area contributed by atoms with Gasteiger partial charge in [0.25, 0.3) is 0 Å². The molecule has 0 saturated carbocycles. The lowest BCUT2D eigenvalue weighted by Gasteiger charge is -2.31. The van der Waals surface area contributed by atoms with Gasteiger partial charge in [0.1, 0.15) is 0 Å². The van der Waals surface area contributed by atoms with Gasteiger partial charge in [0, 0.05) is 11.6 Å². The van der Waals surface area contributed by atoms with Crippen molar-refractivity contribution in [2.45, 2.75) is 99.6 Å². The monoisotopic (exact) mass is 414 g/mol. The topological polar surface area (TPSA) is 105 Å². The predicted molar refractivity (Wildman–Crippen MR) is 118 cm³/mol. The van der Waals surface area contributed by atoms with Crippen molar-refractivity contribution in [2.75, 3.05) is 13.2 Å². The van der Waals surface area contributed by atoms with E-state index in [2.05, 4.69) is 20.8 Å². The van der Waals surface area contributed by atoms with E-state index in [9.17, 15) is 9.59 Å². The molecular formula is C23H46N2O4. The van der Waals surface area contributed by atoms with Crippen molar-refractivity contribution in [3.63, 3.8) is 0 Å². The summed E-state index contributed by atoms with van der Waals surface area (Å²) >= 11 is 0. The molecule has 6 nitrogen and oxygen atoms in total. The van der Waals surface area contributed by atoms with Gasteiger partial charge in [-0.15, -0.1) is 0 Å². The molecule has 0 rings (SSSR count). The van der Waals surface area contributed by atoms with Gasteiger partial charge in [0.15, 0.2) is 0 Å². The average molecular weight is 415 g/mol. The first-order chi connectivity index (χ1) is 13.0. The van der Waals surface area contributed by atoms with E-state index in [1.807, 2.05) is 41.5 Å². The van der Waals surface area contributed by atoms with Crippen LogP contribution in [0.1, 0.15) is 88.0 Å². The van der Waals surface area contributed by atoms with Crippen LogP contribution in [0.25, 0.3) is 0 Å². The zero-order valence-electron chi connectivity index (χ0n) is 20.3. The summed E-state index contributed by atoms with van der Waals surface area (Å²) in [6.45, 7) is 18.2. The van der Waals surface area contributed by atoms with Crippen LogP contribution in [-0.2, 0) is 19.1 Å². The fraction of sp³-hybridized carbons (Fsp3) is 0.913. The van der Waals surface area contributed by atoms with Crippen LogP contribution in [0.15, 0.2) is 0 Å². The third-order valence-corrected chi connectivity index (χ3v) is 5.09. The SMILES string of the molecule is CCC(COC(=O)C(C)(C)CC(C)N)CC(C)(C)COC(=O)C(C)CC(C)(C)N. The van der Waals surface area contributed by atoms with Crippen LogP contribution in [0.3, 0.4) is 0 Å².